The molecule has 0 amide bonds. The Bertz CT molecular complexity index is 876. The fraction of sp³-hybridized carbons (Fsp3) is 0.591. The number of piperidine rings is 1. The van der Waals surface area contributed by atoms with Crippen LogP contribution >= 0.6 is 0 Å². The summed E-state index contributed by atoms with van der Waals surface area (Å²) in [6.07, 6.45) is 4.07. The summed E-state index contributed by atoms with van der Waals surface area (Å²) in [5.74, 6) is 0.698. The molecule has 0 unspecified atom stereocenters. The van der Waals surface area contributed by atoms with Crippen LogP contribution in [0.1, 0.15) is 37.9 Å². The Kier molecular flexibility index (Phi) is 7.49. The highest BCUT2D eigenvalue weighted by molar-refractivity contribution is 7.91. The molecule has 1 aromatic carbocycles. The number of methoxy groups -OCH3 is 1. The zero-order valence-electron chi connectivity index (χ0n) is 17.8. The maximum absolute atomic E-state index is 13.0. The van der Waals surface area contributed by atoms with Gasteiger partial charge in [-0.15, -0.1) is 0 Å². The normalized spacial score (nSPS) is 18.4. The summed E-state index contributed by atoms with van der Waals surface area (Å²) in [5, 5.41) is 0.190. The number of hydrogen-bond donors (Lipinski definition) is 0. The Balaban J connectivity index is 1.88. The fourth-order valence-electron chi connectivity index (χ4n) is 4.11. The van der Waals surface area contributed by atoms with Gasteiger partial charge in [-0.1, -0.05) is 44.2 Å². The maximum atomic E-state index is 13.0. The fourth-order valence-corrected chi connectivity index (χ4v) is 5.87. The molecular weight excluding hydrogens is 386 g/mol. The Hall–Kier alpha value is -1.70. The van der Waals surface area contributed by atoms with Crippen LogP contribution in [0.4, 0.5) is 0 Å². The number of imidazole rings is 1. The molecule has 160 valence electrons. The molecule has 2 aromatic rings. The molecule has 2 heterocycles. The summed E-state index contributed by atoms with van der Waals surface area (Å²) in [4.78, 5) is 6.77. The number of aromatic nitrogens is 2. The average Bonchev–Trinajstić information content (AvgIpc) is 3.05. The van der Waals surface area contributed by atoms with Crippen LogP contribution in [0.5, 0.6) is 0 Å². The third kappa shape index (κ3) is 5.90. The molecule has 1 aliphatic heterocycles. The van der Waals surface area contributed by atoms with Crippen molar-refractivity contribution in [1.29, 1.82) is 0 Å². The van der Waals surface area contributed by atoms with E-state index < -0.39 is 9.84 Å². The third-order valence-corrected chi connectivity index (χ3v) is 7.29. The first-order chi connectivity index (χ1) is 13.9. The van der Waals surface area contributed by atoms with Gasteiger partial charge in [0.1, 0.15) is 0 Å². The number of benzene rings is 1. The van der Waals surface area contributed by atoms with Gasteiger partial charge in [-0.25, -0.2) is 13.4 Å². The van der Waals surface area contributed by atoms with E-state index in [-0.39, 0.29) is 16.8 Å². The number of nitrogens with zero attached hydrogens (tertiary/aromatic N) is 3. The standard InChI is InChI=1S/C22H33N3O3S/c1-18(2)17-29(26,27)22-23-12-21(25(22)14-19-8-5-4-6-9-19)15-24-11-7-10-20(13-24)16-28-3/h4-6,8-9,12,18,20H,7,10-11,13-17H2,1-3H3/t20-/m1/s1. The highest BCUT2D eigenvalue weighted by atomic mass is 32.2. The summed E-state index contributed by atoms with van der Waals surface area (Å²) in [5.41, 5.74) is 2.03. The minimum atomic E-state index is -3.44. The van der Waals surface area contributed by atoms with Gasteiger partial charge in [0.05, 0.1) is 30.8 Å². The van der Waals surface area contributed by atoms with Crippen LogP contribution in [0.3, 0.4) is 0 Å². The molecule has 3 rings (SSSR count). The number of sulfone groups is 1. The lowest BCUT2D eigenvalue weighted by Gasteiger charge is -2.32. The Morgan fingerprint density at radius 3 is 2.66 bits per heavy atom. The summed E-state index contributed by atoms with van der Waals surface area (Å²) >= 11 is 0. The summed E-state index contributed by atoms with van der Waals surface area (Å²) in [6, 6.07) is 9.98. The maximum Gasteiger partial charge on any atom is 0.228 e. The van der Waals surface area contributed by atoms with Crippen molar-refractivity contribution in [3.8, 4) is 0 Å². The van der Waals surface area contributed by atoms with Gasteiger partial charge < -0.3 is 9.30 Å². The van der Waals surface area contributed by atoms with Crippen LogP contribution in [0, 0.1) is 11.8 Å². The minimum Gasteiger partial charge on any atom is -0.384 e. The van der Waals surface area contributed by atoms with Gasteiger partial charge in [-0.05, 0) is 36.8 Å². The van der Waals surface area contributed by atoms with Gasteiger partial charge in [0.2, 0.25) is 15.0 Å². The summed E-state index contributed by atoms with van der Waals surface area (Å²) in [6.45, 7) is 7.83. The Morgan fingerprint density at radius 2 is 1.97 bits per heavy atom. The molecule has 0 radical (unpaired) electrons. The molecule has 1 fully saturated rings. The Labute approximate surface area is 174 Å². The molecule has 0 aliphatic carbocycles. The van der Waals surface area contributed by atoms with Crippen molar-refractivity contribution in [3.05, 3.63) is 47.8 Å². The molecule has 1 atom stereocenters. The minimum absolute atomic E-state index is 0.0576. The van der Waals surface area contributed by atoms with Crippen molar-refractivity contribution in [2.75, 3.05) is 32.6 Å². The van der Waals surface area contributed by atoms with E-state index >= 15 is 0 Å². The van der Waals surface area contributed by atoms with E-state index in [0.29, 0.717) is 19.0 Å². The van der Waals surface area contributed by atoms with Crippen molar-refractivity contribution in [2.24, 2.45) is 11.8 Å². The smallest absolute Gasteiger partial charge is 0.228 e. The van der Waals surface area contributed by atoms with E-state index in [4.69, 9.17) is 4.74 Å². The van der Waals surface area contributed by atoms with E-state index in [2.05, 4.69) is 9.88 Å². The van der Waals surface area contributed by atoms with Crippen molar-refractivity contribution < 1.29 is 13.2 Å². The van der Waals surface area contributed by atoms with Gasteiger partial charge >= 0.3 is 0 Å². The summed E-state index contributed by atoms with van der Waals surface area (Å²) in [7, 11) is -1.69. The second kappa shape index (κ2) is 9.87. The largest absolute Gasteiger partial charge is 0.384 e. The SMILES string of the molecule is COC[C@@H]1CCCN(Cc2cnc(S(=O)(=O)CC(C)C)n2Cc2ccccc2)C1. The van der Waals surface area contributed by atoms with E-state index in [1.165, 1.54) is 6.42 Å². The van der Waals surface area contributed by atoms with Gasteiger partial charge in [-0.3, -0.25) is 4.90 Å². The number of likely N-dealkylation sites (tertiary alicyclic amines) is 1. The average molecular weight is 420 g/mol. The molecular formula is C22H33N3O3S. The molecule has 6 nitrogen and oxygen atoms in total. The predicted molar refractivity (Wildman–Crippen MR) is 115 cm³/mol. The lowest BCUT2D eigenvalue weighted by atomic mass is 9.99. The molecule has 7 heteroatoms. The number of hydrogen-bond acceptors (Lipinski definition) is 5. The van der Waals surface area contributed by atoms with E-state index in [1.807, 2.05) is 48.7 Å². The lowest BCUT2D eigenvalue weighted by Crippen LogP contribution is -2.37. The zero-order chi connectivity index (χ0) is 20.9. The molecule has 1 aliphatic rings. The molecule has 0 spiro atoms. The van der Waals surface area contributed by atoms with Crippen LogP contribution < -0.4 is 0 Å². The van der Waals surface area contributed by atoms with Crippen LogP contribution in [-0.2, 0) is 27.7 Å². The molecule has 1 saturated heterocycles. The van der Waals surface area contributed by atoms with Crippen molar-refractivity contribution in [1.82, 2.24) is 14.5 Å². The first-order valence-electron chi connectivity index (χ1n) is 10.4. The van der Waals surface area contributed by atoms with E-state index in [0.717, 1.165) is 37.4 Å². The number of rotatable bonds is 9. The van der Waals surface area contributed by atoms with Gasteiger partial charge in [0, 0.05) is 20.2 Å². The highest BCUT2D eigenvalue weighted by Gasteiger charge is 2.26. The second-order valence-corrected chi connectivity index (χ2v) is 10.4. The van der Waals surface area contributed by atoms with Crippen molar-refractivity contribution in [3.63, 3.8) is 0 Å². The Morgan fingerprint density at radius 1 is 1.21 bits per heavy atom. The second-order valence-electron chi connectivity index (χ2n) is 8.48. The predicted octanol–water partition coefficient (Wildman–Crippen LogP) is 3.22. The molecule has 0 N–H and O–H groups in total. The van der Waals surface area contributed by atoms with Crippen molar-refractivity contribution >= 4 is 9.84 Å². The zero-order valence-corrected chi connectivity index (χ0v) is 18.6. The topological polar surface area (TPSA) is 64.4 Å². The van der Waals surface area contributed by atoms with Crippen LogP contribution in [0.2, 0.25) is 0 Å². The van der Waals surface area contributed by atoms with Crippen LogP contribution in [0.25, 0.3) is 0 Å². The molecule has 0 bridgehead atoms. The highest BCUT2D eigenvalue weighted by Crippen LogP contribution is 2.22. The lowest BCUT2D eigenvalue weighted by molar-refractivity contribution is 0.0862. The van der Waals surface area contributed by atoms with Gasteiger partial charge in [0.25, 0.3) is 0 Å². The van der Waals surface area contributed by atoms with E-state index in [9.17, 15) is 8.42 Å². The van der Waals surface area contributed by atoms with Gasteiger partial charge in [-0.2, -0.15) is 0 Å². The van der Waals surface area contributed by atoms with E-state index in [1.54, 1.807) is 13.3 Å². The van der Waals surface area contributed by atoms with Crippen molar-refractivity contribution in [2.45, 2.75) is 44.9 Å². The van der Waals surface area contributed by atoms with Crippen LogP contribution in [-0.4, -0.2) is 55.4 Å². The molecule has 0 saturated carbocycles. The summed E-state index contributed by atoms with van der Waals surface area (Å²) < 4.78 is 33.2. The first-order valence-corrected chi connectivity index (χ1v) is 12.1. The van der Waals surface area contributed by atoms with Crippen LogP contribution in [0.15, 0.2) is 41.7 Å². The third-order valence-electron chi connectivity index (χ3n) is 5.31. The number of ether oxygens (including phenoxy) is 1. The van der Waals surface area contributed by atoms with Gasteiger partial charge in [0.15, 0.2) is 0 Å². The molecule has 1 aromatic heterocycles. The first kappa shape index (κ1) is 22.0. The monoisotopic (exact) mass is 419 g/mol. The molecule has 29 heavy (non-hydrogen) atoms. The quantitative estimate of drug-likeness (QED) is 0.624.